The third-order valence-electron chi connectivity index (χ3n) is 7.56. The number of hydrogen-bond acceptors (Lipinski definition) is 5. The van der Waals surface area contributed by atoms with E-state index in [1.807, 2.05) is 31.2 Å². The lowest BCUT2D eigenvalue weighted by molar-refractivity contribution is -0.908. The van der Waals surface area contributed by atoms with Gasteiger partial charge in [-0.15, -0.1) is 0 Å². The summed E-state index contributed by atoms with van der Waals surface area (Å²) in [7, 11) is 0. The Morgan fingerprint density at radius 3 is 2.47 bits per heavy atom. The summed E-state index contributed by atoms with van der Waals surface area (Å²) in [5.74, 6) is -0.949. The van der Waals surface area contributed by atoms with Crippen molar-refractivity contribution in [2.45, 2.75) is 52.5 Å². The Kier molecular flexibility index (Phi) is 9.58. The maximum Gasteiger partial charge on any atom is 0.295 e. The average molecular weight is 521 g/mol. The van der Waals surface area contributed by atoms with Crippen molar-refractivity contribution in [3.8, 4) is 5.75 Å². The SMILES string of the molecule is CCCCOc1ccc(/C([O-])=C2\C(=O)C(=O)N(CCC[NH+]3CCOCC3)C2c2ccc(CC)cc2)cc1C. The number of unbranched alkanes of at least 4 members (excludes halogenated alkanes) is 1. The molecule has 4 rings (SSSR count). The second-order valence-corrected chi connectivity index (χ2v) is 10.2. The lowest BCUT2D eigenvalue weighted by atomic mass is 9.94. The van der Waals surface area contributed by atoms with Crippen LogP contribution in [0.4, 0.5) is 0 Å². The Hall–Kier alpha value is -3.16. The first-order chi connectivity index (χ1) is 18.4. The van der Waals surface area contributed by atoms with Gasteiger partial charge in [0.2, 0.25) is 5.78 Å². The van der Waals surface area contributed by atoms with Crippen LogP contribution < -0.4 is 14.7 Å². The molecule has 0 saturated carbocycles. The lowest BCUT2D eigenvalue weighted by Gasteiger charge is -2.29. The maximum atomic E-state index is 13.8. The fourth-order valence-corrected chi connectivity index (χ4v) is 5.23. The third kappa shape index (κ3) is 6.27. The monoisotopic (exact) mass is 520 g/mol. The number of nitrogens with zero attached hydrogens (tertiary/aromatic N) is 1. The molecule has 0 aromatic heterocycles. The second-order valence-electron chi connectivity index (χ2n) is 10.2. The summed E-state index contributed by atoms with van der Waals surface area (Å²) in [5.41, 5.74) is 3.22. The van der Waals surface area contributed by atoms with E-state index >= 15 is 0 Å². The normalized spacial score (nSPS) is 19.8. The van der Waals surface area contributed by atoms with Gasteiger partial charge in [0, 0.05) is 18.5 Å². The summed E-state index contributed by atoms with van der Waals surface area (Å²) in [6.45, 7) is 11.4. The molecule has 0 spiro atoms. The van der Waals surface area contributed by atoms with Crippen LogP contribution in [0.3, 0.4) is 0 Å². The fourth-order valence-electron chi connectivity index (χ4n) is 5.23. The number of quaternary nitrogens is 1. The minimum atomic E-state index is -0.695. The summed E-state index contributed by atoms with van der Waals surface area (Å²) >= 11 is 0. The molecule has 2 saturated heterocycles. The van der Waals surface area contributed by atoms with Gasteiger partial charge >= 0.3 is 0 Å². The highest BCUT2D eigenvalue weighted by Gasteiger charge is 2.44. The number of likely N-dealkylation sites (tertiary alicyclic amines) is 1. The highest BCUT2D eigenvalue weighted by Crippen LogP contribution is 2.39. The smallest absolute Gasteiger partial charge is 0.295 e. The summed E-state index contributed by atoms with van der Waals surface area (Å²) in [5, 5.41) is 13.8. The molecule has 2 aromatic rings. The quantitative estimate of drug-likeness (QED) is 0.213. The molecule has 2 aliphatic rings. The van der Waals surface area contributed by atoms with Gasteiger partial charge in [-0.2, -0.15) is 0 Å². The molecule has 1 N–H and O–H groups in total. The van der Waals surface area contributed by atoms with Crippen LogP contribution in [0.5, 0.6) is 5.75 Å². The molecule has 0 aliphatic carbocycles. The lowest BCUT2D eigenvalue weighted by Crippen LogP contribution is -3.14. The molecule has 2 heterocycles. The number of benzene rings is 2. The highest BCUT2D eigenvalue weighted by molar-refractivity contribution is 6.46. The van der Waals surface area contributed by atoms with E-state index in [1.54, 1.807) is 23.1 Å². The number of carbonyl (C=O) groups is 2. The van der Waals surface area contributed by atoms with Crippen LogP contribution in [0.25, 0.3) is 5.76 Å². The van der Waals surface area contributed by atoms with Crippen LogP contribution in [-0.2, 0) is 20.7 Å². The van der Waals surface area contributed by atoms with E-state index in [0.29, 0.717) is 18.7 Å². The first kappa shape index (κ1) is 27.9. The van der Waals surface area contributed by atoms with Crippen molar-refractivity contribution in [2.75, 3.05) is 46.0 Å². The number of morpholine rings is 1. The molecule has 2 aromatic carbocycles. The van der Waals surface area contributed by atoms with Crippen molar-refractivity contribution in [2.24, 2.45) is 0 Å². The van der Waals surface area contributed by atoms with Crippen molar-refractivity contribution in [3.05, 3.63) is 70.3 Å². The Morgan fingerprint density at radius 1 is 1.08 bits per heavy atom. The van der Waals surface area contributed by atoms with E-state index in [-0.39, 0.29) is 5.57 Å². The van der Waals surface area contributed by atoms with Gasteiger partial charge in [-0.3, -0.25) is 9.59 Å². The second kappa shape index (κ2) is 13.1. The van der Waals surface area contributed by atoms with Crippen LogP contribution in [0.1, 0.15) is 61.4 Å². The Labute approximate surface area is 226 Å². The minimum Gasteiger partial charge on any atom is -0.872 e. The molecule has 2 aliphatic heterocycles. The largest absolute Gasteiger partial charge is 0.872 e. The molecule has 1 unspecified atom stereocenters. The van der Waals surface area contributed by atoms with Crippen molar-refractivity contribution in [3.63, 3.8) is 0 Å². The highest BCUT2D eigenvalue weighted by atomic mass is 16.5. The molecule has 0 bridgehead atoms. The van der Waals surface area contributed by atoms with E-state index < -0.39 is 23.5 Å². The van der Waals surface area contributed by atoms with Crippen LogP contribution in [0.15, 0.2) is 48.0 Å². The number of hydrogen-bond donors (Lipinski definition) is 1. The Bertz CT molecular complexity index is 1150. The van der Waals surface area contributed by atoms with Crippen LogP contribution in [0, 0.1) is 6.92 Å². The van der Waals surface area contributed by atoms with Crippen molar-refractivity contribution in [1.29, 1.82) is 0 Å². The zero-order valence-electron chi connectivity index (χ0n) is 22.9. The van der Waals surface area contributed by atoms with Gasteiger partial charge in [0.1, 0.15) is 18.8 Å². The van der Waals surface area contributed by atoms with E-state index in [0.717, 1.165) is 81.0 Å². The van der Waals surface area contributed by atoms with Gasteiger partial charge in [-0.1, -0.05) is 56.4 Å². The number of ether oxygens (including phenoxy) is 2. The molecule has 2 fully saturated rings. The van der Waals surface area contributed by atoms with Crippen molar-refractivity contribution in [1.82, 2.24) is 4.90 Å². The van der Waals surface area contributed by atoms with E-state index in [2.05, 4.69) is 13.8 Å². The first-order valence-electron chi connectivity index (χ1n) is 13.9. The van der Waals surface area contributed by atoms with Gasteiger partial charge < -0.3 is 24.4 Å². The van der Waals surface area contributed by atoms with Crippen LogP contribution in [0.2, 0.25) is 0 Å². The number of Topliss-reactive ketones (excluding diaryl/α,β-unsaturated/α-hetero) is 1. The molecule has 38 heavy (non-hydrogen) atoms. The molecule has 0 radical (unpaired) electrons. The Morgan fingerprint density at radius 2 is 1.82 bits per heavy atom. The summed E-state index contributed by atoms with van der Waals surface area (Å²) < 4.78 is 11.3. The van der Waals surface area contributed by atoms with Crippen LogP contribution in [-0.4, -0.2) is 62.6 Å². The summed E-state index contributed by atoms with van der Waals surface area (Å²) in [6, 6.07) is 12.5. The fraction of sp³-hybridized carbons (Fsp3) is 0.484. The molecular weight excluding hydrogens is 480 g/mol. The third-order valence-corrected chi connectivity index (χ3v) is 7.56. The zero-order chi connectivity index (χ0) is 27.1. The van der Waals surface area contributed by atoms with E-state index in [9.17, 15) is 14.7 Å². The number of aryl methyl sites for hydroxylation is 2. The van der Waals surface area contributed by atoms with Gasteiger partial charge in [0.05, 0.1) is 32.4 Å². The number of rotatable bonds is 11. The van der Waals surface area contributed by atoms with Gasteiger partial charge in [0.15, 0.2) is 0 Å². The van der Waals surface area contributed by atoms with Crippen molar-refractivity contribution < 1.29 is 29.1 Å². The first-order valence-corrected chi connectivity index (χ1v) is 13.9. The zero-order valence-corrected chi connectivity index (χ0v) is 22.9. The van der Waals surface area contributed by atoms with Gasteiger partial charge in [-0.05, 0) is 54.2 Å². The standard InChI is InChI=1S/C31H40N2O5/c1-4-6-18-38-26-13-12-25(21-22(26)3)29(34)27-28(24-10-8-23(5-2)9-11-24)33(31(36)30(27)35)15-7-14-32-16-19-37-20-17-32/h8-13,21,28,34H,4-7,14-20H2,1-3H3/b29-27+. The number of amides is 1. The predicted octanol–water partition coefficient (Wildman–Crippen LogP) is 2.27. The van der Waals surface area contributed by atoms with Gasteiger partial charge in [-0.25, -0.2) is 0 Å². The summed E-state index contributed by atoms with van der Waals surface area (Å²) in [6.07, 6.45) is 3.63. The molecule has 1 amide bonds. The van der Waals surface area contributed by atoms with Gasteiger partial charge in [0.25, 0.3) is 5.91 Å². The number of carbonyl (C=O) groups excluding carboxylic acids is 2. The van der Waals surface area contributed by atoms with E-state index in [4.69, 9.17) is 9.47 Å². The molecule has 204 valence electrons. The number of nitrogens with one attached hydrogen (secondary N) is 1. The molecule has 7 nitrogen and oxygen atoms in total. The molecular formula is C31H40N2O5. The topological polar surface area (TPSA) is 83.3 Å². The summed E-state index contributed by atoms with van der Waals surface area (Å²) in [4.78, 5) is 29.6. The molecule has 7 heteroatoms. The maximum absolute atomic E-state index is 13.8. The van der Waals surface area contributed by atoms with Crippen LogP contribution >= 0.6 is 0 Å². The minimum absolute atomic E-state index is 0.0389. The Balaban J connectivity index is 1.65. The van der Waals surface area contributed by atoms with E-state index in [1.165, 1.54) is 4.90 Å². The number of ketones is 1. The predicted molar refractivity (Wildman–Crippen MR) is 145 cm³/mol. The van der Waals surface area contributed by atoms with Crippen molar-refractivity contribution >= 4 is 17.4 Å². The average Bonchev–Trinajstić information content (AvgIpc) is 3.19. The molecule has 1 atom stereocenters.